The number of nitrogens with zero attached hydrogens (tertiary/aromatic N) is 1. The van der Waals surface area contributed by atoms with Crippen molar-refractivity contribution in [2.24, 2.45) is 4.99 Å². The lowest BCUT2D eigenvalue weighted by atomic mass is 10.2. The van der Waals surface area contributed by atoms with Gasteiger partial charge in [0, 0.05) is 17.6 Å². The van der Waals surface area contributed by atoms with Crippen molar-refractivity contribution in [2.75, 3.05) is 25.1 Å². The second-order valence-corrected chi connectivity index (χ2v) is 6.35. The Bertz CT molecular complexity index is 410. The van der Waals surface area contributed by atoms with Crippen molar-refractivity contribution in [2.45, 2.75) is 26.3 Å². The van der Waals surface area contributed by atoms with Crippen molar-refractivity contribution in [1.82, 2.24) is 10.6 Å². The highest BCUT2D eigenvalue weighted by molar-refractivity contribution is 9.10. The highest BCUT2D eigenvalue weighted by atomic mass is 79.9. The molecule has 0 heterocycles. The highest BCUT2D eigenvalue weighted by Crippen LogP contribution is 2.12. The van der Waals surface area contributed by atoms with E-state index < -0.39 is 0 Å². The molecule has 1 aromatic rings. The number of halogens is 1. The van der Waals surface area contributed by atoms with Crippen LogP contribution in [-0.4, -0.2) is 31.1 Å². The topological polar surface area (TPSA) is 36.4 Å². The van der Waals surface area contributed by atoms with Gasteiger partial charge < -0.3 is 10.6 Å². The maximum absolute atomic E-state index is 4.61. The molecule has 0 unspecified atom stereocenters. The minimum Gasteiger partial charge on any atom is -0.357 e. The maximum atomic E-state index is 4.61. The fourth-order valence-corrected chi connectivity index (χ4v) is 2.67. The van der Waals surface area contributed by atoms with Gasteiger partial charge in [0.25, 0.3) is 0 Å². The minimum atomic E-state index is 0.694. The second kappa shape index (κ2) is 11.0. The van der Waals surface area contributed by atoms with E-state index in [4.69, 9.17) is 0 Å². The Kier molecular flexibility index (Phi) is 9.58. The van der Waals surface area contributed by atoms with Crippen LogP contribution in [0.15, 0.2) is 33.7 Å². The summed E-state index contributed by atoms with van der Waals surface area (Å²) in [6, 6.07) is 8.27. The molecule has 0 atom stereocenters. The van der Waals surface area contributed by atoms with Gasteiger partial charge in [-0.15, -0.1) is 0 Å². The number of guanidine groups is 1. The summed E-state index contributed by atoms with van der Waals surface area (Å²) in [5.74, 6) is 2.13. The van der Waals surface area contributed by atoms with Gasteiger partial charge in [0.05, 0.1) is 6.54 Å². The molecule has 0 saturated heterocycles. The van der Waals surface area contributed by atoms with E-state index in [2.05, 4.69) is 56.9 Å². The van der Waals surface area contributed by atoms with Gasteiger partial charge in [-0.2, -0.15) is 11.8 Å². The van der Waals surface area contributed by atoms with Gasteiger partial charge in [0.2, 0.25) is 0 Å². The molecule has 5 heteroatoms. The van der Waals surface area contributed by atoms with Gasteiger partial charge >= 0.3 is 0 Å². The lowest BCUT2D eigenvalue weighted by Gasteiger charge is -2.11. The maximum Gasteiger partial charge on any atom is 0.191 e. The molecule has 112 valence electrons. The van der Waals surface area contributed by atoms with Crippen molar-refractivity contribution in [3.8, 4) is 0 Å². The first-order valence-electron chi connectivity index (χ1n) is 7.01. The van der Waals surface area contributed by atoms with Crippen LogP contribution in [0.4, 0.5) is 0 Å². The first kappa shape index (κ1) is 17.4. The number of benzene rings is 1. The molecular weight excluding hydrogens is 334 g/mol. The van der Waals surface area contributed by atoms with Gasteiger partial charge in [-0.3, -0.25) is 0 Å². The number of unbranched alkanes of at least 4 members (excludes halogenated alkanes) is 1. The molecule has 3 nitrogen and oxygen atoms in total. The zero-order valence-electron chi connectivity index (χ0n) is 12.3. The van der Waals surface area contributed by atoms with Crippen LogP contribution in [0.5, 0.6) is 0 Å². The Morgan fingerprint density at radius 1 is 1.30 bits per heavy atom. The van der Waals surface area contributed by atoms with Crippen LogP contribution in [0.2, 0.25) is 0 Å². The second-order valence-electron chi connectivity index (χ2n) is 4.45. The van der Waals surface area contributed by atoms with E-state index in [1.807, 2.05) is 23.9 Å². The molecule has 0 aliphatic carbocycles. The summed E-state index contributed by atoms with van der Waals surface area (Å²) in [5.41, 5.74) is 1.21. The lowest BCUT2D eigenvalue weighted by Crippen LogP contribution is -2.37. The number of aliphatic imine (C=N–C) groups is 1. The Morgan fingerprint density at radius 3 is 2.85 bits per heavy atom. The van der Waals surface area contributed by atoms with Crippen LogP contribution in [-0.2, 0) is 6.54 Å². The summed E-state index contributed by atoms with van der Waals surface area (Å²) in [6.45, 7) is 4.64. The van der Waals surface area contributed by atoms with Crippen LogP contribution in [0.25, 0.3) is 0 Å². The normalized spacial score (nSPS) is 11.4. The minimum absolute atomic E-state index is 0.694. The van der Waals surface area contributed by atoms with Gasteiger partial charge in [-0.05, 0) is 49.5 Å². The van der Waals surface area contributed by atoms with Crippen molar-refractivity contribution < 1.29 is 0 Å². The zero-order chi connectivity index (χ0) is 14.6. The van der Waals surface area contributed by atoms with Crippen LogP contribution >= 0.6 is 27.7 Å². The number of nitrogens with one attached hydrogen (secondary N) is 2. The summed E-state index contributed by atoms with van der Waals surface area (Å²) in [4.78, 5) is 4.61. The van der Waals surface area contributed by atoms with E-state index in [9.17, 15) is 0 Å². The Labute approximate surface area is 135 Å². The molecule has 0 fully saturated rings. The highest BCUT2D eigenvalue weighted by Gasteiger charge is 1.98. The van der Waals surface area contributed by atoms with E-state index in [0.29, 0.717) is 6.54 Å². The molecule has 20 heavy (non-hydrogen) atoms. The molecule has 0 saturated carbocycles. The Morgan fingerprint density at radius 2 is 2.15 bits per heavy atom. The number of rotatable bonds is 8. The van der Waals surface area contributed by atoms with Crippen molar-refractivity contribution >= 4 is 33.7 Å². The lowest BCUT2D eigenvalue weighted by molar-refractivity contribution is 0.734. The SMILES string of the molecule is CCNC(=NCc1cccc(Br)c1)NCCCCSC. The van der Waals surface area contributed by atoms with E-state index in [1.165, 1.54) is 24.2 Å². The summed E-state index contributed by atoms with van der Waals surface area (Å²) >= 11 is 5.39. The molecule has 1 rings (SSSR count). The molecule has 0 aliphatic heterocycles. The number of hydrogen-bond donors (Lipinski definition) is 2. The van der Waals surface area contributed by atoms with Gasteiger partial charge in [0.1, 0.15) is 0 Å². The molecule has 0 amide bonds. The van der Waals surface area contributed by atoms with Gasteiger partial charge in [-0.1, -0.05) is 28.1 Å². The quantitative estimate of drug-likeness (QED) is 0.423. The third-order valence-electron chi connectivity index (χ3n) is 2.72. The first-order valence-corrected chi connectivity index (χ1v) is 9.20. The molecule has 0 spiro atoms. The summed E-state index contributed by atoms with van der Waals surface area (Å²) in [7, 11) is 0. The number of thioether (sulfide) groups is 1. The third-order valence-corrected chi connectivity index (χ3v) is 3.91. The van der Waals surface area contributed by atoms with Gasteiger partial charge in [-0.25, -0.2) is 4.99 Å². The molecule has 0 aromatic heterocycles. The van der Waals surface area contributed by atoms with E-state index >= 15 is 0 Å². The fraction of sp³-hybridized carbons (Fsp3) is 0.533. The largest absolute Gasteiger partial charge is 0.357 e. The smallest absolute Gasteiger partial charge is 0.191 e. The monoisotopic (exact) mass is 357 g/mol. The average Bonchev–Trinajstić information content (AvgIpc) is 2.44. The van der Waals surface area contributed by atoms with Crippen LogP contribution in [0, 0.1) is 0 Å². The zero-order valence-corrected chi connectivity index (χ0v) is 14.7. The Hall–Kier alpha value is -0.680. The Balaban J connectivity index is 2.41. The molecule has 0 bridgehead atoms. The van der Waals surface area contributed by atoms with E-state index in [0.717, 1.165) is 23.5 Å². The van der Waals surface area contributed by atoms with Crippen LogP contribution in [0.1, 0.15) is 25.3 Å². The number of hydrogen-bond acceptors (Lipinski definition) is 2. The fourth-order valence-electron chi connectivity index (χ4n) is 1.73. The molecular formula is C15H24BrN3S. The standard InChI is InChI=1S/C15H24BrN3S/c1-3-17-15(18-9-4-5-10-20-2)19-12-13-7-6-8-14(16)11-13/h6-8,11H,3-5,9-10,12H2,1-2H3,(H2,17,18,19). The summed E-state index contributed by atoms with van der Waals surface area (Å²) in [6.07, 6.45) is 4.58. The molecule has 0 radical (unpaired) electrons. The van der Waals surface area contributed by atoms with E-state index in [-0.39, 0.29) is 0 Å². The average molecular weight is 358 g/mol. The molecule has 1 aromatic carbocycles. The van der Waals surface area contributed by atoms with Crippen molar-refractivity contribution in [3.63, 3.8) is 0 Å². The van der Waals surface area contributed by atoms with Crippen molar-refractivity contribution in [1.29, 1.82) is 0 Å². The molecule has 2 N–H and O–H groups in total. The summed E-state index contributed by atoms with van der Waals surface area (Å²) in [5, 5.41) is 6.66. The third kappa shape index (κ3) is 7.80. The van der Waals surface area contributed by atoms with Gasteiger partial charge in [0.15, 0.2) is 5.96 Å². The predicted molar refractivity (Wildman–Crippen MR) is 94.6 cm³/mol. The summed E-state index contributed by atoms with van der Waals surface area (Å²) < 4.78 is 1.10. The first-order chi connectivity index (χ1) is 9.76. The van der Waals surface area contributed by atoms with Crippen LogP contribution < -0.4 is 10.6 Å². The van der Waals surface area contributed by atoms with Crippen LogP contribution in [0.3, 0.4) is 0 Å². The van der Waals surface area contributed by atoms with Crippen molar-refractivity contribution in [3.05, 3.63) is 34.3 Å². The predicted octanol–water partition coefficient (Wildman–Crippen LogP) is 3.65. The molecule has 0 aliphatic rings. The van der Waals surface area contributed by atoms with E-state index in [1.54, 1.807) is 0 Å².